The topological polar surface area (TPSA) is 81.9 Å². The first-order valence-corrected chi connectivity index (χ1v) is 11.7. The van der Waals surface area contributed by atoms with E-state index in [1.165, 1.54) is 29.2 Å². The number of hydrogen-bond donors (Lipinski definition) is 1. The van der Waals surface area contributed by atoms with Gasteiger partial charge in [-0.05, 0) is 24.6 Å². The predicted molar refractivity (Wildman–Crippen MR) is 124 cm³/mol. The van der Waals surface area contributed by atoms with Gasteiger partial charge in [0.15, 0.2) is 10.3 Å². The van der Waals surface area contributed by atoms with Gasteiger partial charge in [-0.25, -0.2) is 4.98 Å². The van der Waals surface area contributed by atoms with Gasteiger partial charge in [0.25, 0.3) is 0 Å². The predicted octanol–water partition coefficient (Wildman–Crippen LogP) is 5.09. The summed E-state index contributed by atoms with van der Waals surface area (Å²) in [7, 11) is 0. The highest BCUT2D eigenvalue weighted by atomic mass is 32.2. The molecule has 2 aromatic heterocycles. The van der Waals surface area contributed by atoms with E-state index in [1.807, 2.05) is 41.8 Å². The van der Waals surface area contributed by atoms with Gasteiger partial charge in [-0.1, -0.05) is 54.2 Å². The second kappa shape index (κ2) is 10.5. The van der Waals surface area contributed by atoms with E-state index in [0.29, 0.717) is 28.1 Å². The largest absolute Gasteiger partial charge is 0.434 e. The minimum atomic E-state index is -2.94. The van der Waals surface area contributed by atoms with E-state index >= 15 is 0 Å². The molecule has 0 spiro atoms. The number of ether oxygens (including phenoxy) is 1. The Kier molecular flexibility index (Phi) is 7.30. The van der Waals surface area contributed by atoms with Crippen molar-refractivity contribution in [2.45, 2.75) is 25.2 Å². The maximum atomic E-state index is 12.7. The highest BCUT2D eigenvalue weighted by Gasteiger charge is 2.16. The van der Waals surface area contributed by atoms with Gasteiger partial charge in [0.05, 0.1) is 18.0 Å². The van der Waals surface area contributed by atoms with Gasteiger partial charge >= 0.3 is 6.61 Å². The van der Waals surface area contributed by atoms with Crippen molar-refractivity contribution in [2.75, 3.05) is 11.1 Å². The second-order valence-corrected chi connectivity index (χ2v) is 8.65. The summed E-state index contributed by atoms with van der Waals surface area (Å²) in [5.41, 5.74) is 1.98. The second-order valence-electron chi connectivity index (χ2n) is 6.85. The van der Waals surface area contributed by atoms with E-state index in [0.717, 1.165) is 11.4 Å². The fourth-order valence-corrected chi connectivity index (χ4v) is 4.54. The molecule has 170 valence electrons. The van der Waals surface area contributed by atoms with Gasteiger partial charge in [-0.15, -0.1) is 21.5 Å². The molecule has 0 saturated carbocycles. The number of halogens is 2. The number of hydrogen-bond acceptors (Lipinski definition) is 7. The Morgan fingerprint density at radius 3 is 2.70 bits per heavy atom. The molecule has 0 aliphatic carbocycles. The van der Waals surface area contributed by atoms with Crippen molar-refractivity contribution < 1.29 is 18.3 Å². The number of rotatable bonds is 9. The number of thioether (sulfide) groups is 1. The van der Waals surface area contributed by atoms with Crippen LogP contribution in [-0.4, -0.2) is 38.0 Å². The molecule has 4 aromatic rings. The molecule has 0 saturated heterocycles. The molecule has 0 aliphatic rings. The fourth-order valence-electron chi connectivity index (χ4n) is 3.03. The standard InChI is InChI=1S/C22H19F2N5O2S2/c1-14-27-28-22(29(14)11-15-7-3-2-4-8-15)33-13-19(30)26-21-25-17(12-32-21)16-9-5-6-10-18(16)31-20(23)24/h2-10,12,20H,11,13H2,1H3,(H,25,26,30). The fraction of sp³-hybridized carbons (Fsp3) is 0.182. The lowest BCUT2D eigenvalue weighted by Crippen LogP contribution is -2.14. The number of carbonyl (C=O) groups is 1. The third kappa shape index (κ3) is 5.93. The van der Waals surface area contributed by atoms with Crippen LogP contribution >= 0.6 is 23.1 Å². The number of anilines is 1. The van der Waals surface area contributed by atoms with Gasteiger partial charge in [-0.2, -0.15) is 8.78 Å². The summed E-state index contributed by atoms with van der Waals surface area (Å²) in [6, 6.07) is 16.3. The number of nitrogens with zero attached hydrogens (tertiary/aromatic N) is 4. The zero-order valence-corrected chi connectivity index (χ0v) is 19.1. The number of aryl methyl sites for hydroxylation is 1. The van der Waals surface area contributed by atoms with E-state index < -0.39 is 6.61 Å². The van der Waals surface area contributed by atoms with Crippen LogP contribution in [0, 0.1) is 6.92 Å². The van der Waals surface area contributed by atoms with Crippen LogP contribution in [0.1, 0.15) is 11.4 Å². The van der Waals surface area contributed by atoms with Crippen molar-refractivity contribution in [2.24, 2.45) is 0 Å². The lowest BCUT2D eigenvalue weighted by molar-refractivity contribution is -0.113. The third-order valence-electron chi connectivity index (χ3n) is 4.55. The number of benzene rings is 2. The number of para-hydroxylation sites is 1. The zero-order chi connectivity index (χ0) is 23.2. The Labute approximate surface area is 196 Å². The smallest absolute Gasteiger partial charge is 0.387 e. The maximum Gasteiger partial charge on any atom is 0.387 e. The van der Waals surface area contributed by atoms with Crippen molar-refractivity contribution in [3.8, 4) is 17.0 Å². The number of amides is 1. The van der Waals surface area contributed by atoms with Crippen LogP contribution in [-0.2, 0) is 11.3 Å². The molecule has 0 atom stereocenters. The molecule has 33 heavy (non-hydrogen) atoms. The van der Waals surface area contributed by atoms with Crippen LogP contribution in [0.2, 0.25) is 0 Å². The Morgan fingerprint density at radius 2 is 1.91 bits per heavy atom. The van der Waals surface area contributed by atoms with E-state index in [4.69, 9.17) is 0 Å². The monoisotopic (exact) mass is 487 g/mol. The molecule has 2 aromatic carbocycles. The van der Waals surface area contributed by atoms with Crippen molar-refractivity contribution in [1.82, 2.24) is 19.7 Å². The summed E-state index contributed by atoms with van der Waals surface area (Å²) in [5.74, 6) is 0.646. The summed E-state index contributed by atoms with van der Waals surface area (Å²) in [6.07, 6.45) is 0. The average molecular weight is 488 g/mol. The maximum absolute atomic E-state index is 12.7. The van der Waals surface area contributed by atoms with E-state index in [2.05, 4.69) is 25.2 Å². The molecule has 11 heteroatoms. The minimum absolute atomic E-state index is 0.0272. The lowest BCUT2D eigenvalue weighted by Gasteiger charge is -2.08. The van der Waals surface area contributed by atoms with Crippen LogP contribution in [0.3, 0.4) is 0 Å². The van der Waals surface area contributed by atoms with E-state index in [1.54, 1.807) is 23.6 Å². The Hall–Kier alpha value is -3.31. The summed E-state index contributed by atoms with van der Waals surface area (Å²) in [4.78, 5) is 16.8. The van der Waals surface area contributed by atoms with E-state index in [-0.39, 0.29) is 17.4 Å². The molecule has 0 fully saturated rings. The van der Waals surface area contributed by atoms with Gasteiger partial charge in [0, 0.05) is 10.9 Å². The first-order chi connectivity index (χ1) is 16.0. The number of aromatic nitrogens is 4. The van der Waals surface area contributed by atoms with Gasteiger partial charge < -0.3 is 14.6 Å². The molecule has 0 aliphatic heterocycles. The quantitative estimate of drug-likeness (QED) is 0.331. The van der Waals surface area contributed by atoms with Crippen LogP contribution < -0.4 is 10.1 Å². The van der Waals surface area contributed by atoms with Gasteiger partial charge in [0.1, 0.15) is 11.6 Å². The highest BCUT2D eigenvalue weighted by molar-refractivity contribution is 7.99. The third-order valence-corrected chi connectivity index (χ3v) is 6.27. The SMILES string of the molecule is Cc1nnc(SCC(=O)Nc2nc(-c3ccccc3OC(F)F)cs2)n1Cc1ccccc1. The first kappa shape index (κ1) is 22.9. The first-order valence-electron chi connectivity index (χ1n) is 9.85. The summed E-state index contributed by atoms with van der Waals surface area (Å²) < 4.78 is 31.8. The minimum Gasteiger partial charge on any atom is -0.434 e. The Bertz CT molecular complexity index is 1230. The van der Waals surface area contributed by atoms with Gasteiger partial charge in [-0.3, -0.25) is 4.79 Å². The molecular weight excluding hydrogens is 468 g/mol. The Morgan fingerprint density at radius 1 is 1.15 bits per heavy atom. The van der Waals surface area contributed by atoms with Gasteiger partial charge in [0.2, 0.25) is 5.91 Å². The average Bonchev–Trinajstić information content (AvgIpc) is 3.40. The molecule has 1 amide bonds. The normalized spacial score (nSPS) is 11.0. The molecule has 2 heterocycles. The summed E-state index contributed by atoms with van der Waals surface area (Å²) in [6.45, 7) is -0.458. The van der Waals surface area contributed by atoms with Crippen LogP contribution in [0.15, 0.2) is 65.1 Å². The summed E-state index contributed by atoms with van der Waals surface area (Å²) in [5, 5.41) is 13.7. The number of thiazole rings is 1. The molecule has 4 rings (SSSR count). The van der Waals surface area contributed by atoms with Crippen LogP contribution in [0.4, 0.5) is 13.9 Å². The molecule has 0 bridgehead atoms. The van der Waals surface area contributed by atoms with Crippen molar-refractivity contribution in [1.29, 1.82) is 0 Å². The number of carbonyl (C=O) groups excluding carboxylic acids is 1. The molecule has 1 N–H and O–H groups in total. The van der Waals surface area contributed by atoms with Crippen LogP contribution in [0.25, 0.3) is 11.3 Å². The van der Waals surface area contributed by atoms with E-state index in [9.17, 15) is 13.6 Å². The number of alkyl halides is 2. The molecule has 7 nitrogen and oxygen atoms in total. The molecule has 0 unspecified atom stereocenters. The van der Waals surface area contributed by atoms with Crippen molar-refractivity contribution in [3.63, 3.8) is 0 Å². The molecule has 0 radical (unpaired) electrons. The lowest BCUT2D eigenvalue weighted by atomic mass is 10.1. The number of nitrogens with one attached hydrogen (secondary N) is 1. The van der Waals surface area contributed by atoms with Crippen LogP contribution in [0.5, 0.6) is 5.75 Å². The summed E-state index contributed by atoms with van der Waals surface area (Å²) >= 11 is 2.48. The Balaban J connectivity index is 1.38. The van der Waals surface area contributed by atoms with Crippen molar-refractivity contribution >= 4 is 34.1 Å². The molecular formula is C22H19F2N5O2S2. The zero-order valence-electron chi connectivity index (χ0n) is 17.4. The van der Waals surface area contributed by atoms with Crippen molar-refractivity contribution in [3.05, 3.63) is 71.4 Å². The highest BCUT2D eigenvalue weighted by Crippen LogP contribution is 2.33.